The first-order valence-electron chi connectivity index (χ1n) is 5.59. The van der Waals surface area contributed by atoms with Crippen LogP contribution in [-0.4, -0.2) is 15.6 Å². The second kappa shape index (κ2) is 4.08. The molecule has 1 saturated carbocycles. The Morgan fingerprint density at radius 2 is 2.27 bits per heavy atom. The van der Waals surface area contributed by atoms with E-state index in [1.54, 1.807) is 0 Å². The summed E-state index contributed by atoms with van der Waals surface area (Å²) >= 11 is 1.45. The van der Waals surface area contributed by atoms with Crippen LogP contribution in [0.2, 0.25) is 0 Å². The molecule has 1 aromatic rings. The third kappa shape index (κ3) is 2.91. The number of hydrogen-bond donors (Lipinski definition) is 1. The lowest BCUT2D eigenvalue weighted by Crippen LogP contribution is -2.35. The smallest absolute Gasteiger partial charge is 0.130 e. The van der Waals surface area contributed by atoms with Crippen LogP contribution in [0.1, 0.15) is 40.0 Å². The molecule has 3 nitrogen and oxygen atoms in total. The molecular formula is C11H19N3S. The highest BCUT2D eigenvalue weighted by Gasteiger charge is 2.31. The van der Waals surface area contributed by atoms with E-state index in [0.717, 1.165) is 10.9 Å². The molecule has 0 radical (unpaired) electrons. The molecule has 84 valence electrons. The van der Waals surface area contributed by atoms with Gasteiger partial charge in [0.2, 0.25) is 0 Å². The molecule has 1 aliphatic rings. The van der Waals surface area contributed by atoms with Gasteiger partial charge in [0.1, 0.15) is 5.00 Å². The van der Waals surface area contributed by atoms with E-state index < -0.39 is 0 Å². The molecule has 1 heterocycles. The summed E-state index contributed by atoms with van der Waals surface area (Å²) < 4.78 is 3.87. The number of aromatic nitrogens is 2. The molecule has 0 aromatic carbocycles. The quantitative estimate of drug-likeness (QED) is 0.840. The van der Waals surface area contributed by atoms with Crippen molar-refractivity contribution < 1.29 is 0 Å². The zero-order chi connectivity index (χ0) is 10.9. The summed E-state index contributed by atoms with van der Waals surface area (Å²) in [6, 6.07) is 0.589. The summed E-state index contributed by atoms with van der Waals surface area (Å²) in [5.41, 5.74) is 0.466. The predicted octanol–water partition coefficient (Wildman–Crippen LogP) is 3.16. The molecule has 2 rings (SSSR count). The van der Waals surface area contributed by atoms with Crippen LogP contribution in [0, 0.1) is 11.3 Å². The Hall–Kier alpha value is -0.640. The van der Waals surface area contributed by atoms with E-state index in [2.05, 4.69) is 35.7 Å². The standard InChI is InChI=1S/C11H19N3S/c1-8-4-9(6-11(2,3)5-8)13-10-7-12-14-15-10/h7-9,13H,4-6H2,1-3H3. The monoisotopic (exact) mass is 225 g/mol. The van der Waals surface area contributed by atoms with Crippen molar-refractivity contribution in [3.63, 3.8) is 0 Å². The van der Waals surface area contributed by atoms with Crippen molar-refractivity contribution in [2.24, 2.45) is 11.3 Å². The molecule has 0 bridgehead atoms. The van der Waals surface area contributed by atoms with Crippen molar-refractivity contribution in [2.75, 3.05) is 5.32 Å². The number of nitrogens with one attached hydrogen (secondary N) is 1. The average molecular weight is 225 g/mol. The second-order valence-electron chi connectivity index (χ2n) is 5.54. The lowest BCUT2D eigenvalue weighted by molar-refractivity contribution is 0.178. The van der Waals surface area contributed by atoms with Crippen LogP contribution in [0.3, 0.4) is 0 Å². The van der Waals surface area contributed by atoms with Gasteiger partial charge < -0.3 is 5.32 Å². The Kier molecular flexibility index (Phi) is 2.96. The van der Waals surface area contributed by atoms with Crippen molar-refractivity contribution in [1.29, 1.82) is 0 Å². The number of rotatable bonds is 2. The van der Waals surface area contributed by atoms with E-state index in [0.29, 0.717) is 11.5 Å². The van der Waals surface area contributed by atoms with Gasteiger partial charge >= 0.3 is 0 Å². The van der Waals surface area contributed by atoms with Gasteiger partial charge in [0, 0.05) is 17.6 Å². The largest absolute Gasteiger partial charge is 0.372 e. The van der Waals surface area contributed by atoms with Gasteiger partial charge in [-0.25, -0.2) is 0 Å². The first-order valence-corrected chi connectivity index (χ1v) is 6.36. The lowest BCUT2D eigenvalue weighted by Gasteiger charge is -2.39. The van der Waals surface area contributed by atoms with Crippen LogP contribution in [0.25, 0.3) is 0 Å². The molecule has 0 saturated heterocycles. The molecule has 0 spiro atoms. The summed E-state index contributed by atoms with van der Waals surface area (Å²) in [7, 11) is 0. The van der Waals surface area contributed by atoms with Gasteiger partial charge in [-0.15, -0.1) is 5.10 Å². The average Bonchev–Trinajstić information content (AvgIpc) is 2.52. The minimum Gasteiger partial charge on any atom is -0.372 e. The summed E-state index contributed by atoms with van der Waals surface area (Å²) in [4.78, 5) is 0. The summed E-state index contributed by atoms with van der Waals surface area (Å²) in [6.07, 6.45) is 5.67. The minimum absolute atomic E-state index is 0.466. The second-order valence-corrected chi connectivity index (χ2v) is 6.32. The maximum atomic E-state index is 3.87. The molecule has 0 amide bonds. The Labute approximate surface area is 95.4 Å². The molecule has 4 heteroatoms. The highest BCUT2D eigenvalue weighted by atomic mass is 32.1. The molecule has 2 atom stereocenters. The first-order chi connectivity index (χ1) is 7.05. The van der Waals surface area contributed by atoms with Gasteiger partial charge in [-0.1, -0.05) is 25.3 Å². The summed E-state index contributed by atoms with van der Waals surface area (Å²) in [5.74, 6) is 0.812. The number of nitrogens with zero attached hydrogens (tertiary/aromatic N) is 2. The molecule has 2 unspecified atom stereocenters. The molecule has 1 N–H and O–H groups in total. The third-order valence-corrected chi connectivity index (χ3v) is 3.69. The van der Waals surface area contributed by atoms with Crippen molar-refractivity contribution >= 4 is 16.5 Å². The topological polar surface area (TPSA) is 37.8 Å². The summed E-state index contributed by atoms with van der Waals surface area (Å²) in [5, 5.41) is 8.49. The summed E-state index contributed by atoms with van der Waals surface area (Å²) in [6.45, 7) is 7.07. The zero-order valence-corrected chi connectivity index (χ0v) is 10.5. The molecule has 1 aliphatic carbocycles. The van der Waals surface area contributed by atoms with Gasteiger partial charge in [-0.2, -0.15) is 0 Å². The van der Waals surface area contributed by atoms with Gasteiger partial charge in [0.25, 0.3) is 0 Å². The van der Waals surface area contributed by atoms with Gasteiger partial charge in [0.05, 0.1) is 6.20 Å². The minimum atomic E-state index is 0.466. The Morgan fingerprint density at radius 1 is 1.47 bits per heavy atom. The molecule has 0 aliphatic heterocycles. The fourth-order valence-corrected chi connectivity index (χ4v) is 3.38. The van der Waals surface area contributed by atoms with Crippen LogP contribution in [0.15, 0.2) is 6.20 Å². The normalized spacial score (nSPS) is 30.1. The Balaban J connectivity index is 1.98. The van der Waals surface area contributed by atoms with E-state index in [9.17, 15) is 0 Å². The highest BCUT2D eigenvalue weighted by Crippen LogP contribution is 2.39. The molecular weight excluding hydrogens is 206 g/mol. The molecule has 1 fully saturated rings. The zero-order valence-electron chi connectivity index (χ0n) is 9.66. The van der Waals surface area contributed by atoms with E-state index in [1.165, 1.54) is 30.8 Å². The van der Waals surface area contributed by atoms with E-state index in [4.69, 9.17) is 0 Å². The van der Waals surface area contributed by atoms with Crippen molar-refractivity contribution in [3.8, 4) is 0 Å². The lowest BCUT2D eigenvalue weighted by atomic mass is 9.71. The Morgan fingerprint density at radius 3 is 2.87 bits per heavy atom. The highest BCUT2D eigenvalue weighted by molar-refractivity contribution is 7.09. The van der Waals surface area contributed by atoms with Crippen molar-refractivity contribution in [2.45, 2.75) is 46.1 Å². The van der Waals surface area contributed by atoms with E-state index >= 15 is 0 Å². The van der Waals surface area contributed by atoms with Gasteiger partial charge in [-0.3, -0.25) is 0 Å². The van der Waals surface area contributed by atoms with Crippen LogP contribution >= 0.6 is 11.5 Å². The first kappa shape index (κ1) is 10.9. The number of hydrogen-bond acceptors (Lipinski definition) is 4. The van der Waals surface area contributed by atoms with E-state index in [1.807, 2.05) is 6.20 Å². The molecule has 15 heavy (non-hydrogen) atoms. The van der Waals surface area contributed by atoms with Gasteiger partial charge in [-0.05, 0) is 30.6 Å². The van der Waals surface area contributed by atoms with Crippen LogP contribution in [-0.2, 0) is 0 Å². The van der Waals surface area contributed by atoms with Gasteiger partial charge in [0.15, 0.2) is 0 Å². The maximum Gasteiger partial charge on any atom is 0.130 e. The SMILES string of the molecule is CC1CC(Nc2cnns2)CC(C)(C)C1. The maximum absolute atomic E-state index is 3.87. The van der Waals surface area contributed by atoms with Crippen molar-refractivity contribution in [1.82, 2.24) is 9.59 Å². The predicted molar refractivity (Wildman–Crippen MR) is 64.1 cm³/mol. The third-order valence-electron chi connectivity index (χ3n) is 3.09. The van der Waals surface area contributed by atoms with Crippen molar-refractivity contribution in [3.05, 3.63) is 6.20 Å². The van der Waals surface area contributed by atoms with E-state index in [-0.39, 0.29) is 0 Å². The fraction of sp³-hybridized carbons (Fsp3) is 0.818. The van der Waals surface area contributed by atoms with Crippen LogP contribution < -0.4 is 5.32 Å². The fourth-order valence-electron chi connectivity index (χ4n) is 2.89. The molecule has 1 aromatic heterocycles. The van der Waals surface area contributed by atoms with Crippen LogP contribution in [0.4, 0.5) is 5.00 Å². The Bertz CT molecular complexity index is 308. The van der Waals surface area contributed by atoms with Crippen LogP contribution in [0.5, 0.6) is 0 Å². The number of anilines is 1.